The second-order valence-corrected chi connectivity index (χ2v) is 8.35. The van der Waals surface area contributed by atoms with E-state index in [1.54, 1.807) is 18.1 Å². The Morgan fingerprint density at radius 3 is 2.85 bits per heavy atom. The molecule has 9 nitrogen and oxygen atoms in total. The standard InChI is InChI=1S/C23H25ClN4O5/c1-13-10-14(2)25-22(29)16(13)11-28-8-6-15-4-5-17(21(24)20(15)23(28)30)32-12-19-26-18(27-33-19)7-9-31-3/h4-5,10H,6-9,11-12H2,1-3H3,(H,25,29). The number of hydrogen-bond donors (Lipinski definition) is 1. The van der Waals surface area contributed by atoms with Crippen molar-refractivity contribution in [1.29, 1.82) is 0 Å². The van der Waals surface area contributed by atoms with Crippen molar-refractivity contribution in [1.82, 2.24) is 20.0 Å². The van der Waals surface area contributed by atoms with Crippen molar-refractivity contribution < 1.29 is 18.8 Å². The quantitative estimate of drug-likeness (QED) is 0.536. The Morgan fingerprint density at radius 2 is 2.09 bits per heavy atom. The highest BCUT2D eigenvalue weighted by Gasteiger charge is 2.29. The van der Waals surface area contributed by atoms with Crippen molar-refractivity contribution in [3.63, 3.8) is 0 Å². The number of aromatic nitrogens is 3. The van der Waals surface area contributed by atoms with E-state index >= 15 is 0 Å². The number of rotatable bonds is 8. The molecule has 10 heteroatoms. The van der Waals surface area contributed by atoms with Gasteiger partial charge in [0.2, 0.25) is 0 Å². The molecule has 3 heterocycles. The molecule has 0 saturated heterocycles. The molecule has 0 radical (unpaired) electrons. The number of carbonyl (C=O) groups is 1. The predicted octanol–water partition coefficient (Wildman–Crippen LogP) is 2.99. The molecule has 1 aliphatic heterocycles. The van der Waals surface area contributed by atoms with E-state index in [9.17, 15) is 9.59 Å². The Hall–Kier alpha value is -3.17. The van der Waals surface area contributed by atoms with E-state index in [-0.39, 0.29) is 29.6 Å². The molecular weight excluding hydrogens is 448 g/mol. The number of benzene rings is 1. The summed E-state index contributed by atoms with van der Waals surface area (Å²) in [4.78, 5) is 34.4. The number of aryl methyl sites for hydroxylation is 2. The molecular formula is C23H25ClN4O5. The molecule has 0 bridgehead atoms. The second-order valence-electron chi connectivity index (χ2n) is 7.97. The minimum Gasteiger partial charge on any atom is -0.482 e. The first-order valence-electron chi connectivity index (χ1n) is 10.6. The van der Waals surface area contributed by atoms with Crippen molar-refractivity contribution >= 4 is 17.5 Å². The third-order valence-corrected chi connectivity index (χ3v) is 5.95. The maximum absolute atomic E-state index is 13.3. The van der Waals surface area contributed by atoms with Crippen LogP contribution < -0.4 is 10.3 Å². The number of nitrogens with zero attached hydrogens (tertiary/aromatic N) is 3. The van der Waals surface area contributed by atoms with Crippen LogP contribution >= 0.6 is 11.6 Å². The summed E-state index contributed by atoms with van der Waals surface area (Å²) in [6, 6.07) is 5.48. The number of pyridine rings is 1. The average molecular weight is 473 g/mol. The number of amides is 1. The van der Waals surface area contributed by atoms with Crippen LogP contribution in [0.25, 0.3) is 0 Å². The minimum absolute atomic E-state index is 0.0222. The first-order chi connectivity index (χ1) is 15.9. The Balaban J connectivity index is 1.51. The molecule has 0 aliphatic carbocycles. The lowest BCUT2D eigenvalue weighted by Crippen LogP contribution is -2.39. The van der Waals surface area contributed by atoms with Crippen LogP contribution in [0.3, 0.4) is 0 Å². The summed E-state index contributed by atoms with van der Waals surface area (Å²) in [7, 11) is 1.60. The summed E-state index contributed by atoms with van der Waals surface area (Å²) in [6.45, 7) is 4.93. The fourth-order valence-electron chi connectivity index (χ4n) is 3.87. The molecule has 1 amide bonds. The summed E-state index contributed by atoms with van der Waals surface area (Å²) in [5.74, 6) is 0.952. The Bertz CT molecular complexity index is 1240. The topological polar surface area (TPSA) is 111 Å². The van der Waals surface area contributed by atoms with E-state index in [0.717, 1.165) is 16.8 Å². The molecule has 0 unspecified atom stereocenters. The summed E-state index contributed by atoms with van der Waals surface area (Å²) < 4.78 is 16.0. The normalized spacial score (nSPS) is 13.3. The first kappa shape index (κ1) is 23.0. The highest BCUT2D eigenvalue weighted by molar-refractivity contribution is 6.35. The fraction of sp³-hybridized carbons (Fsp3) is 0.391. The van der Waals surface area contributed by atoms with Gasteiger partial charge in [0, 0.05) is 31.3 Å². The molecule has 0 fully saturated rings. The maximum Gasteiger partial charge on any atom is 0.264 e. The summed E-state index contributed by atoms with van der Waals surface area (Å²) >= 11 is 6.59. The number of halogens is 1. The minimum atomic E-state index is -0.231. The van der Waals surface area contributed by atoms with E-state index in [1.807, 2.05) is 26.0 Å². The highest BCUT2D eigenvalue weighted by Crippen LogP contribution is 2.35. The molecule has 0 spiro atoms. The Morgan fingerprint density at radius 1 is 1.27 bits per heavy atom. The van der Waals surface area contributed by atoms with Gasteiger partial charge in [0.05, 0.1) is 23.7 Å². The molecule has 1 N–H and O–H groups in total. The van der Waals surface area contributed by atoms with Crippen molar-refractivity contribution in [3.8, 4) is 5.75 Å². The lowest BCUT2D eigenvalue weighted by atomic mass is 9.97. The molecule has 2 aromatic heterocycles. The molecule has 174 valence electrons. The molecule has 0 saturated carbocycles. The summed E-state index contributed by atoms with van der Waals surface area (Å²) in [6.07, 6.45) is 1.17. The number of methoxy groups -OCH3 is 1. The molecule has 3 aromatic rings. The van der Waals surface area contributed by atoms with Crippen molar-refractivity contribution in [2.45, 2.75) is 39.8 Å². The molecule has 1 aliphatic rings. The van der Waals surface area contributed by atoms with Crippen LogP contribution in [0.2, 0.25) is 5.02 Å². The van der Waals surface area contributed by atoms with Gasteiger partial charge in [0.25, 0.3) is 17.4 Å². The third kappa shape index (κ3) is 4.94. The van der Waals surface area contributed by atoms with Crippen LogP contribution in [0.5, 0.6) is 5.75 Å². The van der Waals surface area contributed by atoms with Gasteiger partial charge in [0.15, 0.2) is 12.4 Å². The average Bonchev–Trinajstić information content (AvgIpc) is 3.23. The zero-order valence-corrected chi connectivity index (χ0v) is 19.5. The lowest BCUT2D eigenvalue weighted by molar-refractivity contribution is 0.0725. The number of nitrogens with one attached hydrogen (secondary N) is 1. The molecule has 33 heavy (non-hydrogen) atoms. The van der Waals surface area contributed by atoms with Gasteiger partial charge in [-0.1, -0.05) is 22.8 Å². The van der Waals surface area contributed by atoms with Gasteiger partial charge < -0.3 is 23.9 Å². The van der Waals surface area contributed by atoms with Gasteiger partial charge in [-0.2, -0.15) is 4.98 Å². The Kier molecular flexibility index (Phi) is 6.80. The van der Waals surface area contributed by atoms with Gasteiger partial charge in [-0.25, -0.2) is 0 Å². The van der Waals surface area contributed by atoms with E-state index in [4.69, 9.17) is 25.6 Å². The highest BCUT2D eigenvalue weighted by atomic mass is 35.5. The SMILES string of the molecule is COCCc1noc(COc2ccc3c(c2Cl)C(=O)N(Cc2c(C)cc(C)[nH]c2=O)CC3)n1. The molecule has 4 rings (SSSR count). The maximum atomic E-state index is 13.3. The Labute approximate surface area is 195 Å². The fourth-order valence-corrected chi connectivity index (χ4v) is 4.19. The monoisotopic (exact) mass is 472 g/mol. The third-order valence-electron chi connectivity index (χ3n) is 5.58. The van der Waals surface area contributed by atoms with Crippen LogP contribution in [0.1, 0.15) is 44.5 Å². The van der Waals surface area contributed by atoms with Crippen LogP contribution in [0, 0.1) is 13.8 Å². The van der Waals surface area contributed by atoms with Gasteiger partial charge in [-0.3, -0.25) is 9.59 Å². The van der Waals surface area contributed by atoms with E-state index in [2.05, 4.69) is 15.1 Å². The van der Waals surface area contributed by atoms with Crippen LogP contribution in [-0.2, 0) is 30.7 Å². The van der Waals surface area contributed by atoms with Gasteiger partial charge in [-0.05, 0) is 43.5 Å². The smallest absolute Gasteiger partial charge is 0.264 e. The van der Waals surface area contributed by atoms with E-state index < -0.39 is 0 Å². The first-order valence-corrected chi connectivity index (χ1v) is 11.0. The van der Waals surface area contributed by atoms with Gasteiger partial charge in [-0.15, -0.1) is 0 Å². The largest absolute Gasteiger partial charge is 0.482 e. The zero-order valence-electron chi connectivity index (χ0n) is 18.7. The van der Waals surface area contributed by atoms with Crippen LogP contribution in [0.4, 0.5) is 0 Å². The number of aromatic amines is 1. The van der Waals surface area contributed by atoms with Crippen LogP contribution in [0.15, 0.2) is 27.5 Å². The summed E-state index contributed by atoms with van der Waals surface area (Å²) in [5.41, 5.74) is 3.27. The number of fused-ring (bicyclic) bond motifs is 1. The lowest BCUT2D eigenvalue weighted by Gasteiger charge is -2.30. The number of carbonyl (C=O) groups excluding carboxylic acids is 1. The zero-order chi connectivity index (χ0) is 23.5. The van der Waals surface area contributed by atoms with Crippen molar-refractivity contribution in [2.24, 2.45) is 0 Å². The molecule has 0 atom stereocenters. The number of ether oxygens (including phenoxy) is 2. The van der Waals surface area contributed by atoms with E-state index in [0.29, 0.717) is 54.6 Å². The van der Waals surface area contributed by atoms with Gasteiger partial charge >= 0.3 is 0 Å². The predicted molar refractivity (Wildman–Crippen MR) is 121 cm³/mol. The molecule has 1 aromatic carbocycles. The van der Waals surface area contributed by atoms with Crippen molar-refractivity contribution in [3.05, 3.63) is 73.2 Å². The second kappa shape index (κ2) is 9.76. The summed E-state index contributed by atoms with van der Waals surface area (Å²) in [5, 5.41) is 4.10. The van der Waals surface area contributed by atoms with Crippen LogP contribution in [-0.4, -0.2) is 46.2 Å². The van der Waals surface area contributed by atoms with Gasteiger partial charge in [0.1, 0.15) is 5.75 Å². The van der Waals surface area contributed by atoms with E-state index in [1.165, 1.54) is 0 Å². The van der Waals surface area contributed by atoms with Crippen molar-refractivity contribution in [2.75, 3.05) is 20.3 Å². The number of hydrogen-bond acceptors (Lipinski definition) is 7. The number of H-pyrrole nitrogens is 1.